The number of rotatable bonds is 7. The molecule has 0 saturated carbocycles. The van der Waals surface area contributed by atoms with Crippen molar-refractivity contribution in [3.63, 3.8) is 0 Å². The van der Waals surface area contributed by atoms with Gasteiger partial charge in [0.2, 0.25) is 0 Å². The third-order valence-electron chi connectivity index (χ3n) is 6.52. The number of ether oxygens (including phenoxy) is 1. The molecule has 3 aromatic carbocycles. The van der Waals surface area contributed by atoms with E-state index in [4.69, 9.17) is 16.3 Å². The second kappa shape index (κ2) is 10.5. The number of benzene rings is 3. The summed E-state index contributed by atoms with van der Waals surface area (Å²) in [6, 6.07) is 19.1. The van der Waals surface area contributed by atoms with E-state index in [1.54, 1.807) is 18.2 Å². The van der Waals surface area contributed by atoms with Crippen LogP contribution in [-0.2, 0) is 9.59 Å². The van der Waals surface area contributed by atoms with Gasteiger partial charge in [0.25, 0.3) is 11.7 Å². The minimum atomic E-state index is -0.805. The molecule has 7 heteroatoms. The molecule has 1 N–H and O–H groups in total. The van der Waals surface area contributed by atoms with Crippen LogP contribution in [0.5, 0.6) is 5.75 Å². The molecule has 0 aliphatic carbocycles. The Kier molecular flexibility index (Phi) is 7.36. The Hall–Kier alpha value is -3.77. The van der Waals surface area contributed by atoms with Crippen LogP contribution >= 0.6 is 11.6 Å². The van der Waals surface area contributed by atoms with Gasteiger partial charge in [-0.1, -0.05) is 41.4 Å². The number of halogens is 1. The van der Waals surface area contributed by atoms with E-state index in [2.05, 4.69) is 18.7 Å². The molecule has 1 saturated heterocycles. The number of aliphatic hydroxyl groups is 1. The lowest BCUT2D eigenvalue weighted by molar-refractivity contribution is -0.132. The molecule has 1 fully saturated rings. The highest BCUT2D eigenvalue weighted by Gasteiger charge is 2.47. The van der Waals surface area contributed by atoms with Gasteiger partial charge >= 0.3 is 0 Å². The predicted octanol–water partition coefficient (Wildman–Crippen LogP) is 6.13. The number of Topliss-reactive ketones (excluding diaryl/α,β-unsaturated/α-hetero) is 1. The van der Waals surface area contributed by atoms with Crippen LogP contribution in [0.3, 0.4) is 0 Å². The van der Waals surface area contributed by atoms with Crippen LogP contribution in [-0.4, -0.2) is 37.0 Å². The number of aryl methyl sites for hydroxylation is 1. The zero-order chi connectivity index (χ0) is 26.0. The molecule has 0 radical (unpaired) electrons. The molecular formula is C29H29ClN2O4. The van der Waals surface area contributed by atoms with Gasteiger partial charge in [0.1, 0.15) is 11.5 Å². The number of hydrogen-bond acceptors (Lipinski definition) is 5. The number of anilines is 2. The first-order valence-electron chi connectivity index (χ1n) is 11.9. The molecule has 3 aromatic rings. The topological polar surface area (TPSA) is 70.1 Å². The van der Waals surface area contributed by atoms with Crippen molar-refractivity contribution < 1.29 is 19.4 Å². The predicted molar refractivity (Wildman–Crippen MR) is 144 cm³/mol. The van der Waals surface area contributed by atoms with Gasteiger partial charge in [0, 0.05) is 30.0 Å². The number of methoxy groups -OCH3 is 1. The lowest BCUT2D eigenvalue weighted by Crippen LogP contribution is -2.29. The van der Waals surface area contributed by atoms with Gasteiger partial charge in [-0.3, -0.25) is 14.5 Å². The normalized spacial score (nSPS) is 16.9. The highest BCUT2D eigenvalue weighted by molar-refractivity contribution is 6.51. The number of amides is 1. The first kappa shape index (κ1) is 25.3. The summed E-state index contributed by atoms with van der Waals surface area (Å²) in [4.78, 5) is 30.4. The first-order valence-corrected chi connectivity index (χ1v) is 12.2. The van der Waals surface area contributed by atoms with Crippen LogP contribution in [0.4, 0.5) is 11.4 Å². The average Bonchev–Trinajstić information content (AvgIpc) is 3.16. The number of carbonyl (C=O) groups excluding carboxylic acids is 2. The van der Waals surface area contributed by atoms with Gasteiger partial charge in [-0.2, -0.15) is 0 Å². The standard InChI is InChI=1S/C29H29ClN2O4/c1-5-31(6-2)21-14-9-19(10-15-21)26-25(27(33)20-11-16-23(30)24(17-20)36-4)28(34)29(35)32(26)22-12-7-18(3)8-13-22/h7-17,26,33H,5-6H2,1-4H3/b27-25-. The van der Waals surface area contributed by atoms with Crippen LogP contribution in [0, 0.1) is 6.92 Å². The summed E-state index contributed by atoms with van der Waals surface area (Å²) >= 11 is 6.16. The van der Waals surface area contributed by atoms with Crippen LogP contribution in [0.25, 0.3) is 5.76 Å². The van der Waals surface area contributed by atoms with E-state index in [1.807, 2.05) is 55.5 Å². The highest BCUT2D eigenvalue weighted by atomic mass is 35.5. The summed E-state index contributed by atoms with van der Waals surface area (Å²) in [7, 11) is 1.47. The molecule has 6 nitrogen and oxygen atoms in total. The zero-order valence-electron chi connectivity index (χ0n) is 20.8. The minimum Gasteiger partial charge on any atom is -0.507 e. The molecule has 36 heavy (non-hydrogen) atoms. The fourth-order valence-corrected chi connectivity index (χ4v) is 4.73. The van der Waals surface area contributed by atoms with Crippen molar-refractivity contribution >= 4 is 40.4 Å². The van der Waals surface area contributed by atoms with E-state index in [1.165, 1.54) is 12.0 Å². The Morgan fingerprint density at radius 2 is 1.64 bits per heavy atom. The fourth-order valence-electron chi connectivity index (χ4n) is 4.54. The van der Waals surface area contributed by atoms with Gasteiger partial charge < -0.3 is 14.7 Å². The van der Waals surface area contributed by atoms with Crippen molar-refractivity contribution in [2.45, 2.75) is 26.8 Å². The van der Waals surface area contributed by atoms with Crippen LogP contribution in [0.2, 0.25) is 5.02 Å². The molecule has 0 bridgehead atoms. The summed E-state index contributed by atoms with van der Waals surface area (Å²) in [6.07, 6.45) is 0. The Labute approximate surface area is 216 Å². The summed E-state index contributed by atoms with van der Waals surface area (Å²) in [5.41, 5.74) is 3.71. The van der Waals surface area contributed by atoms with Crippen molar-refractivity contribution in [3.8, 4) is 5.75 Å². The molecule has 1 aliphatic rings. The molecule has 1 atom stereocenters. The summed E-state index contributed by atoms with van der Waals surface area (Å²) in [6.45, 7) is 7.84. The summed E-state index contributed by atoms with van der Waals surface area (Å²) in [5.74, 6) is -1.37. The van der Waals surface area contributed by atoms with Gasteiger partial charge in [-0.25, -0.2) is 0 Å². The number of carbonyl (C=O) groups is 2. The molecule has 186 valence electrons. The highest BCUT2D eigenvalue weighted by Crippen LogP contribution is 2.43. The summed E-state index contributed by atoms with van der Waals surface area (Å²) in [5, 5.41) is 11.7. The van der Waals surface area contributed by atoms with Crippen molar-refractivity contribution in [2.24, 2.45) is 0 Å². The summed E-state index contributed by atoms with van der Waals surface area (Å²) < 4.78 is 5.28. The van der Waals surface area contributed by atoms with Crippen molar-refractivity contribution in [2.75, 3.05) is 30.0 Å². The van der Waals surface area contributed by atoms with Gasteiger partial charge in [0.05, 0.1) is 23.7 Å². The number of nitrogens with zero attached hydrogens (tertiary/aromatic N) is 2. The van der Waals surface area contributed by atoms with Crippen LogP contribution in [0.15, 0.2) is 72.3 Å². The van der Waals surface area contributed by atoms with E-state index in [9.17, 15) is 14.7 Å². The second-order valence-electron chi connectivity index (χ2n) is 8.62. The van der Waals surface area contributed by atoms with Crippen molar-refractivity contribution in [1.29, 1.82) is 0 Å². The zero-order valence-corrected chi connectivity index (χ0v) is 21.5. The molecule has 0 aromatic heterocycles. The average molecular weight is 505 g/mol. The molecular weight excluding hydrogens is 476 g/mol. The molecule has 1 amide bonds. The van der Waals surface area contributed by atoms with Crippen molar-refractivity contribution in [3.05, 3.63) is 94.0 Å². The third-order valence-corrected chi connectivity index (χ3v) is 6.83. The van der Waals surface area contributed by atoms with E-state index in [0.29, 0.717) is 27.6 Å². The van der Waals surface area contributed by atoms with Crippen molar-refractivity contribution in [1.82, 2.24) is 0 Å². The number of hydrogen-bond donors (Lipinski definition) is 1. The van der Waals surface area contributed by atoms with E-state index in [-0.39, 0.29) is 11.3 Å². The van der Waals surface area contributed by atoms with Gasteiger partial charge in [-0.05, 0) is 68.8 Å². The number of aliphatic hydroxyl groups excluding tert-OH is 1. The Morgan fingerprint density at radius 3 is 2.22 bits per heavy atom. The Bertz CT molecular complexity index is 1310. The van der Waals surface area contributed by atoms with Crippen LogP contribution in [0.1, 0.15) is 36.6 Å². The van der Waals surface area contributed by atoms with E-state index in [0.717, 1.165) is 24.3 Å². The third kappa shape index (κ3) is 4.56. The van der Waals surface area contributed by atoms with Gasteiger partial charge in [0.15, 0.2) is 0 Å². The molecule has 1 heterocycles. The fraction of sp³-hybridized carbons (Fsp3) is 0.241. The largest absolute Gasteiger partial charge is 0.507 e. The lowest BCUT2D eigenvalue weighted by atomic mass is 9.94. The molecule has 4 rings (SSSR count). The SMILES string of the molecule is CCN(CC)c1ccc(C2/C(=C(/O)c3ccc(Cl)c(OC)c3)C(=O)C(=O)N2c2ccc(C)cc2)cc1. The molecule has 1 unspecified atom stereocenters. The smallest absolute Gasteiger partial charge is 0.300 e. The lowest BCUT2D eigenvalue weighted by Gasteiger charge is -2.27. The maximum absolute atomic E-state index is 13.4. The maximum Gasteiger partial charge on any atom is 0.300 e. The number of ketones is 1. The second-order valence-corrected chi connectivity index (χ2v) is 9.02. The Balaban J connectivity index is 1.90. The van der Waals surface area contributed by atoms with Gasteiger partial charge in [-0.15, -0.1) is 0 Å². The molecule has 0 spiro atoms. The molecule has 1 aliphatic heterocycles. The Morgan fingerprint density at radius 1 is 1.00 bits per heavy atom. The quantitative estimate of drug-likeness (QED) is 0.238. The van der Waals surface area contributed by atoms with E-state index >= 15 is 0 Å². The van der Waals surface area contributed by atoms with E-state index < -0.39 is 17.7 Å². The first-order chi connectivity index (χ1) is 17.3. The monoisotopic (exact) mass is 504 g/mol. The maximum atomic E-state index is 13.4. The van der Waals surface area contributed by atoms with Crippen LogP contribution < -0.4 is 14.5 Å². The minimum absolute atomic E-state index is 0.0144.